The molecule has 0 atom stereocenters. The van der Waals surface area contributed by atoms with Gasteiger partial charge in [0.05, 0.1) is 6.54 Å². The fourth-order valence-electron chi connectivity index (χ4n) is 1.97. The molecular weight excluding hydrogens is 256 g/mol. The van der Waals surface area contributed by atoms with E-state index in [0.717, 1.165) is 30.8 Å². The predicted molar refractivity (Wildman–Crippen MR) is 64.8 cm³/mol. The van der Waals surface area contributed by atoms with Gasteiger partial charge in [0.2, 0.25) is 0 Å². The Hall–Kier alpha value is -1.56. The summed E-state index contributed by atoms with van der Waals surface area (Å²) < 4.78 is 28.9. The van der Waals surface area contributed by atoms with Crippen LogP contribution in [0.15, 0.2) is 18.2 Å². The molecule has 0 radical (unpaired) electrons. The van der Waals surface area contributed by atoms with Crippen molar-refractivity contribution in [1.82, 2.24) is 14.8 Å². The van der Waals surface area contributed by atoms with Gasteiger partial charge in [-0.1, -0.05) is 0 Å². The van der Waals surface area contributed by atoms with Crippen LogP contribution in [0.4, 0.5) is 8.78 Å². The van der Waals surface area contributed by atoms with Gasteiger partial charge < -0.3 is 0 Å². The Balaban J connectivity index is 1.99. The van der Waals surface area contributed by atoms with Gasteiger partial charge in [-0.15, -0.1) is 0 Å². The van der Waals surface area contributed by atoms with E-state index in [2.05, 4.69) is 10.2 Å². The third kappa shape index (κ3) is 2.08. The number of rotatable bonds is 3. The third-order valence-electron chi connectivity index (χ3n) is 3.07. The van der Waals surface area contributed by atoms with Crippen molar-refractivity contribution in [1.29, 1.82) is 0 Å². The first-order valence-corrected chi connectivity index (χ1v) is 6.15. The van der Waals surface area contributed by atoms with Gasteiger partial charge in [0.15, 0.2) is 4.77 Å². The van der Waals surface area contributed by atoms with E-state index in [9.17, 15) is 8.78 Å². The van der Waals surface area contributed by atoms with Gasteiger partial charge in [0.1, 0.15) is 17.5 Å². The van der Waals surface area contributed by atoms with E-state index in [1.807, 2.05) is 0 Å². The minimum atomic E-state index is -0.450. The Morgan fingerprint density at radius 1 is 1.39 bits per heavy atom. The Bertz CT molecular complexity index is 643. The minimum absolute atomic E-state index is 0.213. The summed E-state index contributed by atoms with van der Waals surface area (Å²) in [6, 6.07) is 3.43. The van der Waals surface area contributed by atoms with Crippen LogP contribution in [0.25, 0.3) is 0 Å². The van der Waals surface area contributed by atoms with Gasteiger partial charge in [0.25, 0.3) is 0 Å². The van der Waals surface area contributed by atoms with E-state index in [4.69, 9.17) is 12.2 Å². The first kappa shape index (κ1) is 11.5. The first-order valence-electron chi connectivity index (χ1n) is 5.74. The zero-order valence-corrected chi connectivity index (χ0v) is 10.3. The Morgan fingerprint density at radius 3 is 2.89 bits per heavy atom. The van der Waals surface area contributed by atoms with Crippen molar-refractivity contribution < 1.29 is 8.78 Å². The highest BCUT2D eigenvalue weighted by Crippen LogP contribution is 2.39. The summed E-state index contributed by atoms with van der Waals surface area (Å²) in [6.07, 6.45) is 2.15. The molecule has 0 spiro atoms. The highest BCUT2D eigenvalue weighted by molar-refractivity contribution is 7.71. The van der Waals surface area contributed by atoms with E-state index in [0.29, 0.717) is 10.7 Å². The second kappa shape index (κ2) is 4.28. The molecule has 1 aliphatic rings. The molecule has 3 rings (SSSR count). The van der Waals surface area contributed by atoms with Crippen LogP contribution in [0.1, 0.15) is 30.1 Å². The van der Waals surface area contributed by atoms with Gasteiger partial charge in [-0.05, 0) is 43.3 Å². The second-order valence-corrected chi connectivity index (χ2v) is 4.87. The molecule has 0 saturated heterocycles. The van der Waals surface area contributed by atoms with Gasteiger partial charge in [0, 0.05) is 11.5 Å². The van der Waals surface area contributed by atoms with Crippen molar-refractivity contribution in [2.24, 2.45) is 0 Å². The van der Waals surface area contributed by atoms with Crippen LogP contribution in [0.5, 0.6) is 0 Å². The monoisotopic (exact) mass is 267 g/mol. The Morgan fingerprint density at radius 2 is 2.17 bits per heavy atom. The lowest BCUT2D eigenvalue weighted by Gasteiger charge is -2.07. The average molecular weight is 267 g/mol. The molecule has 1 N–H and O–H groups in total. The highest BCUT2D eigenvalue weighted by atomic mass is 32.1. The average Bonchev–Trinajstić information content (AvgIpc) is 3.11. The fourth-order valence-corrected chi connectivity index (χ4v) is 2.17. The maximum Gasteiger partial charge on any atom is 0.195 e. The van der Waals surface area contributed by atoms with Crippen molar-refractivity contribution in [2.45, 2.75) is 25.3 Å². The fraction of sp³-hybridized carbons (Fsp3) is 0.333. The molecule has 2 aromatic rings. The number of benzene rings is 1. The normalized spacial score (nSPS) is 15.0. The summed E-state index contributed by atoms with van der Waals surface area (Å²) in [6.45, 7) is 0.213. The van der Waals surface area contributed by atoms with Gasteiger partial charge >= 0.3 is 0 Å². The number of aromatic amines is 1. The summed E-state index contributed by atoms with van der Waals surface area (Å²) in [5.74, 6) is 0.355. The zero-order valence-electron chi connectivity index (χ0n) is 9.49. The molecule has 1 saturated carbocycles. The molecule has 18 heavy (non-hydrogen) atoms. The topological polar surface area (TPSA) is 33.6 Å². The van der Waals surface area contributed by atoms with Crippen LogP contribution in [0.3, 0.4) is 0 Å². The highest BCUT2D eigenvalue weighted by Gasteiger charge is 2.29. The van der Waals surface area contributed by atoms with Crippen LogP contribution in [-0.2, 0) is 6.54 Å². The van der Waals surface area contributed by atoms with E-state index in [1.54, 1.807) is 4.57 Å². The van der Waals surface area contributed by atoms with E-state index in [1.165, 1.54) is 6.07 Å². The molecular formula is C12H11F2N3S. The Kier molecular flexibility index (Phi) is 2.74. The number of aromatic nitrogens is 3. The van der Waals surface area contributed by atoms with Gasteiger partial charge in [-0.2, -0.15) is 5.10 Å². The molecule has 1 aromatic heterocycles. The number of halogens is 2. The summed E-state index contributed by atoms with van der Waals surface area (Å²) >= 11 is 5.12. The summed E-state index contributed by atoms with van der Waals surface area (Å²) in [5, 5.41) is 6.87. The number of hydrogen-bond acceptors (Lipinski definition) is 2. The Labute approximate surface area is 107 Å². The van der Waals surface area contributed by atoms with Crippen LogP contribution < -0.4 is 0 Å². The number of H-pyrrole nitrogens is 1. The molecule has 0 aliphatic heterocycles. The summed E-state index contributed by atoms with van der Waals surface area (Å²) in [5.41, 5.74) is 0.286. The van der Waals surface area contributed by atoms with Crippen LogP contribution in [0, 0.1) is 16.4 Å². The standard InChI is InChI=1S/C12H11F2N3S/c13-9-3-4-10(14)8(5-9)6-17-11(7-1-2-7)15-16-12(17)18/h3-5,7H,1-2,6H2,(H,16,18). The van der Waals surface area contributed by atoms with E-state index >= 15 is 0 Å². The third-order valence-corrected chi connectivity index (χ3v) is 3.38. The molecule has 1 aromatic carbocycles. The van der Waals surface area contributed by atoms with Crippen molar-refractivity contribution in [2.75, 3.05) is 0 Å². The quantitative estimate of drug-likeness (QED) is 0.867. The molecule has 1 fully saturated rings. The molecule has 94 valence electrons. The first-order chi connectivity index (χ1) is 8.65. The van der Waals surface area contributed by atoms with Crippen molar-refractivity contribution in [3.63, 3.8) is 0 Å². The summed E-state index contributed by atoms with van der Waals surface area (Å²) in [4.78, 5) is 0. The molecule has 1 aliphatic carbocycles. The van der Waals surface area contributed by atoms with Gasteiger partial charge in [-0.25, -0.2) is 8.78 Å². The number of hydrogen-bond donors (Lipinski definition) is 1. The predicted octanol–water partition coefficient (Wildman–Crippen LogP) is 3.14. The number of nitrogens with one attached hydrogen (secondary N) is 1. The van der Waals surface area contributed by atoms with Crippen LogP contribution in [-0.4, -0.2) is 14.8 Å². The van der Waals surface area contributed by atoms with Crippen molar-refractivity contribution in [3.8, 4) is 0 Å². The second-order valence-electron chi connectivity index (χ2n) is 4.48. The maximum atomic E-state index is 13.6. The van der Waals surface area contributed by atoms with Crippen LogP contribution in [0.2, 0.25) is 0 Å². The lowest BCUT2D eigenvalue weighted by molar-refractivity contribution is 0.572. The molecule has 0 bridgehead atoms. The lowest BCUT2D eigenvalue weighted by atomic mass is 10.2. The molecule has 0 amide bonds. The largest absolute Gasteiger partial charge is 0.299 e. The summed E-state index contributed by atoms with van der Waals surface area (Å²) in [7, 11) is 0. The minimum Gasteiger partial charge on any atom is -0.299 e. The van der Waals surface area contributed by atoms with Crippen LogP contribution >= 0.6 is 12.2 Å². The molecule has 3 nitrogen and oxygen atoms in total. The SMILES string of the molecule is Fc1ccc(F)c(Cn2c(C3CC3)n[nH]c2=S)c1. The lowest BCUT2D eigenvalue weighted by Crippen LogP contribution is -2.06. The van der Waals surface area contributed by atoms with E-state index < -0.39 is 11.6 Å². The maximum absolute atomic E-state index is 13.6. The molecule has 6 heteroatoms. The zero-order chi connectivity index (χ0) is 12.7. The molecule has 1 heterocycles. The smallest absolute Gasteiger partial charge is 0.195 e. The van der Waals surface area contributed by atoms with Crippen molar-refractivity contribution in [3.05, 3.63) is 46.0 Å². The van der Waals surface area contributed by atoms with E-state index in [-0.39, 0.29) is 12.1 Å². The number of nitrogens with zero attached hydrogens (tertiary/aromatic N) is 2. The van der Waals surface area contributed by atoms with Gasteiger partial charge in [-0.3, -0.25) is 9.67 Å². The van der Waals surface area contributed by atoms with Crippen molar-refractivity contribution >= 4 is 12.2 Å². The molecule has 0 unspecified atom stereocenters.